The number of aryl methyl sites for hydroxylation is 2. The number of aromatic nitrogens is 2. The summed E-state index contributed by atoms with van der Waals surface area (Å²) in [5.74, 6) is 1.17. The van der Waals surface area contributed by atoms with E-state index in [0.717, 1.165) is 62.4 Å². The van der Waals surface area contributed by atoms with E-state index in [1.54, 1.807) is 12.1 Å². The van der Waals surface area contributed by atoms with Crippen LogP contribution < -0.4 is 9.64 Å². The number of benzene rings is 1. The second-order valence-electron chi connectivity index (χ2n) is 7.96. The third kappa shape index (κ3) is 4.18. The molecule has 7 heteroatoms. The largest absolute Gasteiger partial charge is 0.494 e. The zero-order chi connectivity index (χ0) is 20.4. The molecule has 0 bridgehead atoms. The van der Waals surface area contributed by atoms with Crippen molar-refractivity contribution in [3.8, 4) is 5.75 Å². The number of methoxy groups -OCH3 is 1. The zero-order valence-electron chi connectivity index (χ0n) is 17.0. The first-order chi connectivity index (χ1) is 14.0. The van der Waals surface area contributed by atoms with Gasteiger partial charge in [-0.2, -0.15) is 5.10 Å². The van der Waals surface area contributed by atoms with E-state index in [1.165, 1.54) is 13.2 Å². The highest BCUT2D eigenvalue weighted by Crippen LogP contribution is 2.32. The van der Waals surface area contributed by atoms with Crippen molar-refractivity contribution in [1.82, 2.24) is 15.1 Å². The van der Waals surface area contributed by atoms with Crippen LogP contribution in [-0.4, -0.2) is 53.8 Å². The van der Waals surface area contributed by atoms with Crippen LogP contribution >= 0.6 is 0 Å². The van der Waals surface area contributed by atoms with Gasteiger partial charge in [-0.05, 0) is 62.4 Å². The molecule has 0 saturated carbocycles. The molecule has 1 amide bonds. The van der Waals surface area contributed by atoms with E-state index in [1.807, 2.05) is 24.0 Å². The number of hydrogen-bond acceptors (Lipinski definition) is 5. The summed E-state index contributed by atoms with van der Waals surface area (Å²) < 4.78 is 18.6. The first-order valence-electron chi connectivity index (χ1n) is 10.2. The maximum Gasteiger partial charge on any atom is 0.226 e. The fraction of sp³-hybridized carbons (Fsp3) is 0.500. The molecule has 0 spiro atoms. The van der Waals surface area contributed by atoms with E-state index in [9.17, 15) is 9.18 Å². The molecule has 154 valence electrons. The van der Waals surface area contributed by atoms with Crippen LogP contribution in [0.15, 0.2) is 30.3 Å². The number of nitrogens with zero attached hydrogens (tertiary/aromatic N) is 4. The Hall–Kier alpha value is -2.70. The lowest BCUT2D eigenvalue weighted by molar-refractivity contribution is -0.132. The summed E-state index contributed by atoms with van der Waals surface area (Å²) in [5.41, 5.74) is 1.94. The average Bonchev–Trinajstić information content (AvgIpc) is 3.05. The lowest BCUT2D eigenvalue weighted by atomic mass is 9.96. The summed E-state index contributed by atoms with van der Waals surface area (Å²) in [4.78, 5) is 17.1. The lowest BCUT2D eigenvalue weighted by Crippen LogP contribution is -2.51. The van der Waals surface area contributed by atoms with Crippen LogP contribution in [0.1, 0.15) is 30.5 Å². The normalized spacial score (nSPS) is 21.4. The number of fused-ring (bicyclic) bond motifs is 1. The van der Waals surface area contributed by atoms with Gasteiger partial charge in [0.05, 0.1) is 18.8 Å². The van der Waals surface area contributed by atoms with Crippen LogP contribution in [0, 0.1) is 18.7 Å². The highest BCUT2D eigenvalue weighted by molar-refractivity contribution is 5.82. The maximum absolute atomic E-state index is 13.5. The van der Waals surface area contributed by atoms with Crippen molar-refractivity contribution in [1.29, 1.82) is 0 Å². The minimum Gasteiger partial charge on any atom is -0.494 e. The van der Waals surface area contributed by atoms with Crippen molar-refractivity contribution in [2.75, 3.05) is 31.6 Å². The number of anilines is 1. The molecule has 3 heterocycles. The molecule has 0 aliphatic carbocycles. The summed E-state index contributed by atoms with van der Waals surface area (Å²) in [5, 5.41) is 8.45. The summed E-state index contributed by atoms with van der Waals surface area (Å²) >= 11 is 0. The van der Waals surface area contributed by atoms with Crippen LogP contribution in [0.5, 0.6) is 5.75 Å². The topological polar surface area (TPSA) is 58.6 Å². The molecular formula is C22H27FN4O2. The molecule has 4 rings (SSSR count). The van der Waals surface area contributed by atoms with Crippen molar-refractivity contribution in [2.45, 2.75) is 38.6 Å². The third-order valence-corrected chi connectivity index (χ3v) is 6.01. The summed E-state index contributed by atoms with van der Waals surface area (Å²) in [6, 6.07) is 9.20. The van der Waals surface area contributed by atoms with E-state index in [4.69, 9.17) is 4.74 Å². The molecule has 2 fully saturated rings. The molecule has 1 aromatic carbocycles. The zero-order valence-corrected chi connectivity index (χ0v) is 17.0. The first-order valence-corrected chi connectivity index (χ1v) is 10.2. The lowest BCUT2D eigenvalue weighted by Gasteiger charge is -2.37. The maximum atomic E-state index is 13.5. The quantitative estimate of drug-likeness (QED) is 0.749. The molecule has 29 heavy (non-hydrogen) atoms. The Morgan fingerprint density at radius 3 is 2.83 bits per heavy atom. The molecule has 2 atom stereocenters. The number of rotatable bonds is 6. The summed E-state index contributed by atoms with van der Waals surface area (Å²) in [6.45, 7) is 4.28. The van der Waals surface area contributed by atoms with E-state index < -0.39 is 0 Å². The average molecular weight is 398 g/mol. The summed E-state index contributed by atoms with van der Waals surface area (Å²) in [7, 11) is 1.47. The monoisotopic (exact) mass is 398 g/mol. The van der Waals surface area contributed by atoms with Crippen LogP contribution in [0.25, 0.3) is 0 Å². The smallest absolute Gasteiger partial charge is 0.226 e. The van der Waals surface area contributed by atoms with Gasteiger partial charge in [-0.3, -0.25) is 4.79 Å². The minimum atomic E-state index is -0.345. The number of amides is 1. The Labute approximate surface area is 170 Å². The number of hydrogen-bond donors (Lipinski definition) is 0. The Morgan fingerprint density at radius 2 is 2.07 bits per heavy atom. The molecule has 0 unspecified atom stereocenters. The van der Waals surface area contributed by atoms with E-state index >= 15 is 0 Å². The van der Waals surface area contributed by atoms with Gasteiger partial charge in [0.25, 0.3) is 0 Å². The van der Waals surface area contributed by atoms with Gasteiger partial charge in [-0.15, -0.1) is 5.10 Å². The number of carbonyl (C=O) groups is 1. The van der Waals surface area contributed by atoms with Gasteiger partial charge in [0.1, 0.15) is 0 Å². The molecule has 0 N–H and O–H groups in total. The second kappa shape index (κ2) is 8.35. The van der Waals surface area contributed by atoms with Gasteiger partial charge in [0, 0.05) is 25.6 Å². The molecule has 2 aliphatic rings. The Balaban J connectivity index is 1.32. The van der Waals surface area contributed by atoms with Crippen molar-refractivity contribution in [2.24, 2.45) is 5.92 Å². The molecule has 6 nitrogen and oxygen atoms in total. The fourth-order valence-electron chi connectivity index (χ4n) is 4.43. The van der Waals surface area contributed by atoms with Crippen LogP contribution in [-0.2, 0) is 11.2 Å². The predicted octanol–water partition coefficient (Wildman–Crippen LogP) is 2.99. The van der Waals surface area contributed by atoms with Gasteiger partial charge >= 0.3 is 0 Å². The summed E-state index contributed by atoms with van der Waals surface area (Å²) in [6.07, 6.45) is 3.46. The Bertz CT molecular complexity index is 874. The molecule has 1 aromatic heterocycles. The van der Waals surface area contributed by atoms with Crippen LogP contribution in [0.4, 0.5) is 10.2 Å². The van der Waals surface area contributed by atoms with Gasteiger partial charge in [0.2, 0.25) is 5.91 Å². The van der Waals surface area contributed by atoms with E-state index in [0.29, 0.717) is 0 Å². The molecule has 2 aromatic rings. The highest BCUT2D eigenvalue weighted by atomic mass is 19.1. The molecule has 2 aliphatic heterocycles. The number of halogens is 1. The van der Waals surface area contributed by atoms with Crippen LogP contribution in [0.2, 0.25) is 0 Å². The van der Waals surface area contributed by atoms with Crippen molar-refractivity contribution in [3.63, 3.8) is 0 Å². The Morgan fingerprint density at radius 1 is 1.21 bits per heavy atom. The van der Waals surface area contributed by atoms with E-state index in [2.05, 4.69) is 15.1 Å². The second-order valence-corrected chi connectivity index (χ2v) is 7.96. The third-order valence-electron chi connectivity index (χ3n) is 6.01. The fourth-order valence-corrected chi connectivity index (χ4v) is 4.43. The predicted molar refractivity (Wildman–Crippen MR) is 108 cm³/mol. The standard InChI is InChI=1S/C22H27FN4O2/c1-15-6-9-21(25-24-15)26-10-11-27-18(14-26)13-17(22(27)28)5-3-4-16-7-8-19(23)20(12-16)29-2/h6-9,12,17-18H,3-5,10-11,13-14H2,1-2H3/t17-,18-/m0/s1. The van der Waals surface area contributed by atoms with Crippen LogP contribution in [0.3, 0.4) is 0 Å². The van der Waals surface area contributed by atoms with Gasteiger partial charge in [0.15, 0.2) is 17.4 Å². The van der Waals surface area contributed by atoms with E-state index in [-0.39, 0.29) is 29.4 Å². The molecular weight excluding hydrogens is 371 g/mol. The van der Waals surface area contributed by atoms with Gasteiger partial charge < -0.3 is 14.5 Å². The molecule has 2 saturated heterocycles. The molecule has 0 radical (unpaired) electrons. The number of ether oxygens (including phenoxy) is 1. The first kappa shape index (κ1) is 19.6. The van der Waals surface area contributed by atoms with Crippen molar-refractivity contribution in [3.05, 3.63) is 47.4 Å². The van der Waals surface area contributed by atoms with Crippen molar-refractivity contribution < 1.29 is 13.9 Å². The highest BCUT2D eigenvalue weighted by Gasteiger charge is 2.42. The van der Waals surface area contributed by atoms with Gasteiger partial charge in [-0.1, -0.05) is 6.07 Å². The van der Waals surface area contributed by atoms with Crippen molar-refractivity contribution >= 4 is 11.7 Å². The number of piperazine rings is 1. The van der Waals surface area contributed by atoms with Gasteiger partial charge in [-0.25, -0.2) is 4.39 Å². The number of carbonyl (C=O) groups excluding carboxylic acids is 1. The Kier molecular flexibility index (Phi) is 5.65. The SMILES string of the molecule is COc1cc(CCC[C@H]2C[C@H]3CN(c4ccc(C)nn4)CCN3C2=O)ccc1F. The minimum absolute atomic E-state index is 0.0754.